The van der Waals surface area contributed by atoms with Crippen molar-refractivity contribution in [3.05, 3.63) is 167 Å². The zero-order valence-electron chi connectivity index (χ0n) is 37.4. The molecule has 0 fully saturated rings. The number of pyridine rings is 1. The van der Waals surface area contributed by atoms with Gasteiger partial charge in [-0.05, 0) is 135 Å². The standard InChI is InChI=1S/C55H56F2N4O/c1-33(2)46-25-36(35-23-39(56)30-40(57)24-35)26-47(34(3)4)53(46)60-49-17-13-12-16-48(49)59-41-27-38(55(8,9)10)28-43(31-41)62-42-19-20-45-44-15-11-14-18-50(44)61(51(45)32-42)52-29-37(21-22-58-52)54(5,6)7/h11-34,59-60H,1-10H3. The Labute approximate surface area is 364 Å². The van der Waals surface area contributed by atoms with Crippen LogP contribution in [0.4, 0.5) is 31.5 Å². The van der Waals surface area contributed by atoms with Crippen molar-refractivity contribution in [3.63, 3.8) is 0 Å². The average Bonchev–Trinajstić information content (AvgIpc) is 3.54. The number of benzene rings is 6. The summed E-state index contributed by atoms with van der Waals surface area (Å²) < 4.78 is 37.8. The van der Waals surface area contributed by atoms with Gasteiger partial charge in [-0.15, -0.1) is 0 Å². The molecule has 0 saturated heterocycles. The van der Waals surface area contributed by atoms with Gasteiger partial charge in [-0.1, -0.05) is 99.6 Å². The molecule has 0 bridgehead atoms. The molecule has 62 heavy (non-hydrogen) atoms. The summed E-state index contributed by atoms with van der Waals surface area (Å²) in [6, 6.07) is 41.4. The molecule has 8 aromatic rings. The van der Waals surface area contributed by atoms with Crippen LogP contribution in [0.1, 0.15) is 103 Å². The first-order chi connectivity index (χ1) is 29.4. The van der Waals surface area contributed by atoms with Crippen LogP contribution in [-0.4, -0.2) is 9.55 Å². The van der Waals surface area contributed by atoms with Crippen molar-refractivity contribution in [2.45, 2.75) is 91.9 Å². The van der Waals surface area contributed by atoms with E-state index in [1.807, 2.05) is 30.5 Å². The Bertz CT molecular complexity index is 2900. The van der Waals surface area contributed by atoms with E-state index in [1.165, 1.54) is 17.7 Å². The zero-order valence-corrected chi connectivity index (χ0v) is 37.4. The molecule has 0 amide bonds. The van der Waals surface area contributed by atoms with E-state index in [9.17, 15) is 8.78 Å². The fraction of sp³-hybridized carbons (Fsp3) is 0.255. The number of nitrogens with zero attached hydrogens (tertiary/aromatic N) is 2. The molecule has 8 rings (SSSR count). The molecule has 0 saturated carbocycles. The second kappa shape index (κ2) is 16.4. The zero-order chi connectivity index (χ0) is 44.1. The Morgan fingerprint density at radius 2 is 1.15 bits per heavy atom. The van der Waals surface area contributed by atoms with Crippen molar-refractivity contribution in [1.29, 1.82) is 0 Å². The summed E-state index contributed by atoms with van der Waals surface area (Å²) in [5, 5.41) is 9.82. The molecular weight excluding hydrogens is 771 g/mol. The highest BCUT2D eigenvalue weighted by atomic mass is 19.1. The predicted molar refractivity (Wildman–Crippen MR) is 255 cm³/mol. The van der Waals surface area contributed by atoms with Crippen LogP contribution >= 0.6 is 0 Å². The van der Waals surface area contributed by atoms with Gasteiger partial charge in [-0.3, -0.25) is 4.57 Å². The summed E-state index contributed by atoms with van der Waals surface area (Å²) in [5.74, 6) is 1.37. The second-order valence-corrected chi connectivity index (χ2v) is 19.1. The average molecular weight is 827 g/mol. The minimum atomic E-state index is -0.594. The Morgan fingerprint density at radius 3 is 1.79 bits per heavy atom. The van der Waals surface area contributed by atoms with E-state index in [-0.39, 0.29) is 22.7 Å². The maximum absolute atomic E-state index is 14.4. The minimum Gasteiger partial charge on any atom is -0.457 e. The maximum atomic E-state index is 14.4. The lowest BCUT2D eigenvalue weighted by molar-refractivity contribution is 0.479. The number of halogens is 2. The number of aromatic nitrogens is 2. The first-order valence-electron chi connectivity index (χ1n) is 21.5. The number of ether oxygens (including phenoxy) is 1. The van der Waals surface area contributed by atoms with Crippen LogP contribution in [0.25, 0.3) is 38.8 Å². The van der Waals surface area contributed by atoms with Gasteiger partial charge in [-0.25, -0.2) is 13.8 Å². The molecule has 0 atom stereocenters. The van der Waals surface area contributed by atoms with Gasteiger partial charge >= 0.3 is 0 Å². The largest absolute Gasteiger partial charge is 0.457 e. The van der Waals surface area contributed by atoms with Crippen LogP contribution in [0.3, 0.4) is 0 Å². The molecule has 0 aliphatic rings. The van der Waals surface area contributed by atoms with Crippen molar-refractivity contribution in [2.75, 3.05) is 10.6 Å². The van der Waals surface area contributed by atoms with E-state index >= 15 is 0 Å². The molecular formula is C55H56F2N4O. The molecule has 2 N–H and O–H groups in total. The van der Waals surface area contributed by atoms with Crippen molar-refractivity contribution in [1.82, 2.24) is 9.55 Å². The first-order valence-corrected chi connectivity index (χ1v) is 21.5. The molecule has 2 aromatic heterocycles. The van der Waals surface area contributed by atoms with Gasteiger partial charge in [0.15, 0.2) is 0 Å². The summed E-state index contributed by atoms with van der Waals surface area (Å²) in [6.45, 7) is 21.9. The molecule has 0 unspecified atom stereocenters. The first kappa shape index (κ1) is 42.2. The van der Waals surface area contributed by atoms with Crippen molar-refractivity contribution in [2.24, 2.45) is 0 Å². The van der Waals surface area contributed by atoms with Crippen LogP contribution in [-0.2, 0) is 10.8 Å². The molecule has 2 heterocycles. The number of hydrogen-bond acceptors (Lipinski definition) is 4. The van der Waals surface area contributed by atoms with Crippen LogP contribution in [0, 0.1) is 11.6 Å². The monoisotopic (exact) mass is 826 g/mol. The SMILES string of the molecule is CC(C)c1cc(-c2cc(F)cc(F)c2)cc(C(C)C)c1Nc1ccccc1Nc1cc(Oc2ccc3c4ccccc4n(-c4cc(C(C)(C)C)ccn4)c3c2)cc(C(C)(C)C)c1. The number of hydrogen-bond donors (Lipinski definition) is 2. The minimum absolute atomic E-state index is 0.0288. The van der Waals surface area contributed by atoms with Gasteiger partial charge in [0, 0.05) is 46.5 Å². The van der Waals surface area contributed by atoms with Gasteiger partial charge in [0.2, 0.25) is 0 Å². The third-order valence-electron chi connectivity index (χ3n) is 11.6. The molecule has 0 aliphatic heterocycles. The topological polar surface area (TPSA) is 51.1 Å². The highest BCUT2D eigenvalue weighted by molar-refractivity contribution is 6.09. The van der Waals surface area contributed by atoms with E-state index in [0.29, 0.717) is 11.3 Å². The third-order valence-corrected chi connectivity index (χ3v) is 11.6. The van der Waals surface area contributed by atoms with Gasteiger partial charge in [0.05, 0.1) is 22.4 Å². The molecule has 5 nitrogen and oxygen atoms in total. The van der Waals surface area contributed by atoms with E-state index in [4.69, 9.17) is 9.72 Å². The number of fused-ring (bicyclic) bond motifs is 3. The fourth-order valence-corrected chi connectivity index (χ4v) is 8.19. The molecule has 7 heteroatoms. The quantitative estimate of drug-likeness (QED) is 0.144. The number of anilines is 4. The number of rotatable bonds is 10. The van der Waals surface area contributed by atoms with Crippen molar-refractivity contribution < 1.29 is 13.5 Å². The lowest BCUT2D eigenvalue weighted by Crippen LogP contribution is -2.12. The van der Waals surface area contributed by atoms with Crippen LogP contribution in [0.5, 0.6) is 11.5 Å². The molecule has 316 valence electrons. The van der Waals surface area contributed by atoms with Gasteiger partial charge < -0.3 is 15.4 Å². The van der Waals surface area contributed by atoms with Crippen LogP contribution < -0.4 is 15.4 Å². The second-order valence-electron chi connectivity index (χ2n) is 19.1. The third kappa shape index (κ3) is 8.67. The van der Waals surface area contributed by atoms with Gasteiger partial charge in [-0.2, -0.15) is 0 Å². The van der Waals surface area contributed by atoms with Gasteiger partial charge in [0.1, 0.15) is 29.0 Å². The predicted octanol–water partition coefficient (Wildman–Crippen LogP) is 16.2. The molecule has 0 spiro atoms. The summed E-state index contributed by atoms with van der Waals surface area (Å²) in [5.41, 5.74) is 11.3. The van der Waals surface area contributed by atoms with E-state index in [2.05, 4.69) is 169 Å². The summed E-state index contributed by atoms with van der Waals surface area (Å²) >= 11 is 0. The summed E-state index contributed by atoms with van der Waals surface area (Å²) in [7, 11) is 0. The lowest BCUT2D eigenvalue weighted by atomic mass is 9.86. The van der Waals surface area contributed by atoms with Crippen molar-refractivity contribution >= 4 is 44.6 Å². The van der Waals surface area contributed by atoms with Gasteiger partial charge in [0.25, 0.3) is 0 Å². The van der Waals surface area contributed by atoms with E-state index in [1.54, 1.807) is 0 Å². The highest BCUT2D eigenvalue weighted by Gasteiger charge is 2.22. The summed E-state index contributed by atoms with van der Waals surface area (Å²) in [6.07, 6.45) is 1.90. The molecule has 0 radical (unpaired) electrons. The summed E-state index contributed by atoms with van der Waals surface area (Å²) in [4.78, 5) is 4.87. The molecule has 6 aromatic carbocycles. The Balaban J connectivity index is 1.17. The smallest absolute Gasteiger partial charge is 0.137 e. The Kier molecular flexibility index (Phi) is 11.2. The maximum Gasteiger partial charge on any atom is 0.137 e. The normalized spacial score (nSPS) is 12.2. The van der Waals surface area contributed by atoms with Crippen LogP contribution in [0.2, 0.25) is 0 Å². The number of nitrogens with one attached hydrogen (secondary N) is 2. The highest BCUT2D eigenvalue weighted by Crippen LogP contribution is 2.42. The van der Waals surface area contributed by atoms with Crippen LogP contribution in [0.15, 0.2) is 134 Å². The fourth-order valence-electron chi connectivity index (χ4n) is 8.19. The van der Waals surface area contributed by atoms with E-state index < -0.39 is 11.6 Å². The lowest BCUT2D eigenvalue weighted by Gasteiger charge is -2.25. The Hall–Kier alpha value is -6.47. The molecule has 0 aliphatic carbocycles. The van der Waals surface area contributed by atoms with Crippen molar-refractivity contribution in [3.8, 4) is 28.4 Å². The number of para-hydroxylation sites is 3. The Morgan fingerprint density at radius 1 is 0.548 bits per heavy atom. The van der Waals surface area contributed by atoms with E-state index in [0.717, 1.165) is 84.4 Å².